The summed E-state index contributed by atoms with van der Waals surface area (Å²) in [6.45, 7) is 3.94. The number of halogens is 1. The maximum absolute atomic E-state index is 12.2. The third-order valence-electron chi connectivity index (χ3n) is 4.37. The van der Waals surface area contributed by atoms with Gasteiger partial charge < -0.3 is 15.0 Å². The Hall–Kier alpha value is -2.80. The van der Waals surface area contributed by atoms with Crippen molar-refractivity contribution in [2.45, 2.75) is 13.3 Å². The largest absolute Gasteiger partial charge is 0.495 e. The van der Waals surface area contributed by atoms with Crippen LogP contribution in [0, 0.1) is 0 Å². The molecule has 0 unspecified atom stereocenters. The SMILES string of the molecule is CCN1CCN(c2ccc(NC(=O)Cc3ccc(OC)c(Cl)c3)cn2)C1=O. The number of rotatable bonds is 6. The zero-order valence-electron chi connectivity index (χ0n) is 15.2. The van der Waals surface area contributed by atoms with Crippen LogP contribution in [-0.4, -0.2) is 48.6 Å². The van der Waals surface area contributed by atoms with E-state index < -0.39 is 0 Å². The van der Waals surface area contributed by atoms with E-state index in [4.69, 9.17) is 16.3 Å². The van der Waals surface area contributed by atoms with E-state index in [0.29, 0.717) is 41.9 Å². The van der Waals surface area contributed by atoms with Crippen LogP contribution in [0.2, 0.25) is 5.02 Å². The second-order valence-electron chi connectivity index (χ2n) is 6.11. The Kier molecular flexibility index (Phi) is 5.81. The molecule has 1 saturated heterocycles. The number of carbonyl (C=O) groups is 2. The van der Waals surface area contributed by atoms with Gasteiger partial charge >= 0.3 is 6.03 Å². The molecule has 1 aromatic carbocycles. The number of pyridine rings is 1. The summed E-state index contributed by atoms with van der Waals surface area (Å²) in [4.78, 5) is 32.1. The molecule has 2 aromatic rings. The van der Waals surface area contributed by atoms with Crippen LogP contribution >= 0.6 is 11.6 Å². The number of urea groups is 1. The van der Waals surface area contributed by atoms with Gasteiger partial charge in [0.2, 0.25) is 5.91 Å². The highest BCUT2D eigenvalue weighted by atomic mass is 35.5. The lowest BCUT2D eigenvalue weighted by Crippen LogP contribution is -2.32. The van der Waals surface area contributed by atoms with Crippen molar-refractivity contribution in [2.75, 3.05) is 37.0 Å². The first kappa shape index (κ1) is 19.0. The normalized spacial score (nSPS) is 13.8. The molecule has 0 atom stereocenters. The number of ether oxygens (including phenoxy) is 1. The number of amides is 3. The number of aromatic nitrogens is 1. The average molecular weight is 389 g/mol. The Balaban J connectivity index is 1.60. The molecule has 0 radical (unpaired) electrons. The van der Waals surface area contributed by atoms with Crippen LogP contribution in [0.1, 0.15) is 12.5 Å². The maximum Gasteiger partial charge on any atom is 0.325 e. The number of likely N-dealkylation sites (N-methyl/N-ethyl adjacent to an activating group) is 1. The Morgan fingerprint density at radius 2 is 2.11 bits per heavy atom. The molecule has 1 aliphatic heterocycles. The number of benzene rings is 1. The summed E-state index contributed by atoms with van der Waals surface area (Å²) in [6.07, 6.45) is 1.73. The Morgan fingerprint density at radius 1 is 1.30 bits per heavy atom. The number of nitrogens with one attached hydrogen (secondary N) is 1. The van der Waals surface area contributed by atoms with Crippen LogP contribution in [0.15, 0.2) is 36.5 Å². The first-order valence-electron chi connectivity index (χ1n) is 8.66. The fraction of sp³-hybridized carbons (Fsp3) is 0.316. The molecule has 2 heterocycles. The molecule has 1 N–H and O–H groups in total. The number of carbonyl (C=O) groups excluding carboxylic acids is 2. The molecular formula is C19H21ClN4O3. The highest BCUT2D eigenvalue weighted by molar-refractivity contribution is 6.32. The molecule has 142 valence electrons. The molecule has 1 aliphatic rings. The lowest BCUT2D eigenvalue weighted by atomic mass is 10.1. The molecular weight excluding hydrogens is 368 g/mol. The minimum Gasteiger partial charge on any atom is -0.495 e. The fourth-order valence-electron chi connectivity index (χ4n) is 2.92. The van der Waals surface area contributed by atoms with Gasteiger partial charge in [-0.1, -0.05) is 17.7 Å². The smallest absolute Gasteiger partial charge is 0.325 e. The van der Waals surface area contributed by atoms with E-state index in [1.165, 1.54) is 0 Å². The van der Waals surface area contributed by atoms with E-state index in [1.807, 2.05) is 6.92 Å². The van der Waals surface area contributed by atoms with Crippen molar-refractivity contribution < 1.29 is 14.3 Å². The number of anilines is 2. The van der Waals surface area contributed by atoms with Crippen molar-refractivity contribution in [3.8, 4) is 5.75 Å². The van der Waals surface area contributed by atoms with E-state index in [2.05, 4.69) is 10.3 Å². The number of hydrogen-bond acceptors (Lipinski definition) is 4. The zero-order valence-corrected chi connectivity index (χ0v) is 16.0. The molecule has 0 saturated carbocycles. The summed E-state index contributed by atoms with van der Waals surface area (Å²) in [5.41, 5.74) is 1.35. The van der Waals surface area contributed by atoms with Crippen molar-refractivity contribution in [1.82, 2.24) is 9.88 Å². The minimum atomic E-state index is -0.180. The summed E-state index contributed by atoms with van der Waals surface area (Å²) in [7, 11) is 1.54. The summed E-state index contributed by atoms with van der Waals surface area (Å²) < 4.78 is 5.10. The van der Waals surface area contributed by atoms with Gasteiger partial charge in [-0.05, 0) is 36.8 Å². The van der Waals surface area contributed by atoms with E-state index in [9.17, 15) is 9.59 Å². The third kappa shape index (κ3) is 4.31. The molecule has 1 fully saturated rings. The van der Waals surface area contributed by atoms with Gasteiger partial charge in [0.25, 0.3) is 0 Å². The van der Waals surface area contributed by atoms with Gasteiger partial charge in [-0.15, -0.1) is 0 Å². The van der Waals surface area contributed by atoms with Crippen LogP contribution in [0.5, 0.6) is 5.75 Å². The second kappa shape index (κ2) is 8.26. The highest BCUT2D eigenvalue weighted by Gasteiger charge is 2.28. The minimum absolute atomic E-state index is 0.0434. The van der Waals surface area contributed by atoms with Crippen LogP contribution in [0.4, 0.5) is 16.3 Å². The molecule has 3 amide bonds. The van der Waals surface area contributed by atoms with Crippen LogP contribution in [-0.2, 0) is 11.2 Å². The number of methoxy groups -OCH3 is 1. The van der Waals surface area contributed by atoms with Crippen LogP contribution in [0.25, 0.3) is 0 Å². The van der Waals surface area contributed by atoms with Crippen molar-refractivity contribution in [1.29, 1.82) is 0 Å². The fourth-order valence-corrected chi connectivity index (χ4v) is 3.20. The van der Waals surface area contributed by atoms with Gasteiger partial charge in [-0.2, -0.15) is 0 Å². The van der Waals surface area contributed by atoms with Gasteiger partial charge in [0.05, 0.1) is 30.4 Å². The Morgan fingerprint density at radius 3 is 2.70 bits per heavy atom. The molecule has 27 heavy (non-hydrogen) atoms. The maximum atomic E-state index is 12.2. The van der Waals surface area contributed by atoms with Gasteiger partial charge in [0, 0.05) is 19.6 Å². The molecule has 0 aliphatic carbocycles. The predicted octanol–water partition coefficient (Wildman–Crippen LogP) is 3.19. The van der Waals surface area contributed by atoms with Crippen LogP contribution < -0.4 is 15.0 Å². The summed E-state index contributed by atoms with van der Waals surface area (Å²) >= 11 is 6.08. The van der Waals surface area contributed by atoms with Crippen molar-refractivity contribution in [3.63, 3.8) is 0 Å². The van der Waals surface area contributed by atoms with E-state index >= 15 is 0 Å². The standard InChI is InChI=1S/C19H21ClN4O3/c1-3-23-8-9-24(19(23)26)17-7-5-14(12-21-17)22-18(25)11-13-4-6-16(27-2)15(20)10-13/h4-7,10,12H,3,8-9,11H2,1-2H3,(H,22,25). The van der Waals surface area contributed by atoms with Crippen molar-refractivity contribution in [3.05, 3.63) is 47.1 Å². The Labute approximate surface area is 162 Å². The molecule has 0 bridgehead atoms. The summed E-state index contributed by atoms with van der Waals surface area (Å²) in [5.74, 6) is 0.967. The Bertz CT molecular complexity index is 841. The van der Waals surface area contributed by atoms with Crippen molar-refractivity contribution in [2.24, 2.45) is 0 Å². The quantitative estimate of drug-likeness (QED) is 0.824. The molecule has 8 heteroatoms. The second-order valence-corrected chi connectivity index (χ2v) is 6.52. The molecule has 1 aromatic heterocycles. The van der Waals surface area contributed by atoms with Gasteiger partial charge in [-0.25, -0.2) is 9.78 Å². The lowest BCUT2D eigenvalue weighted by molar-refractivity contribution is -0.115. The van der Waals surface area contributed by atoms with Crippen LogP contribution in [0.3, 0.4) is 0 Å². The zero-order chi connectivity index (χ0) is 19.4. The summed E-state index contributed by atoms with van der Waals surface area (Å²) in [6, 6.07) is 8.66. The van der Waals surface area contributed by atoms with E-state index in [0.717, 1.165) is 5.56 Å². The van der Waals surface area contributed by atoms with Gasteiger partial charge in [0.1, 0.15) is 11.6 Å². The molecule has 0 spiro atoms. The van der Waals surface area contributed by atoms with Gasteiger partial charge in [0.15, 0.2) is 0 Å². The van der Waals surface area contributed by atoms with E-state index in [1.54, 1.807) is 53.4 Å². The third-order valence-corrected chi connectivity index (χ3v) is 4.66. The monoisotopic (exact) mass is 388 g/mol. The highest BCUT2D eigenvalue weighted by Crippen LogP contribution is 2.25. The van der Waals surface area contributed by atoms with Crippen molar-refractivity contribution >= 4 is 35.0 Å². The summed E-state index contributed by atoms with van der Waals surface area (Å²) in [5, 5.41) is 3.26. The molecule has 3 rings (SSSR count). The topological polar surface area (TPSA) is 74.8 Å². The van der Waals surface area contributed by atoms with E-state index in [-0.39, 0.29) is 18.4 Å². The predicted molar refractivity (Wildman–Crippen MR) is 105 cm³/mol. The number of hydrogen-bond donors (Lipinski definition) is 1. The first-order chi connectivity index (χ1) is 13.0. The average Bonchev–Trinajstić information content (AvgIpc) is 3.03. The van der Waals surface area contributed by atoms with Gasteiger partial charge in [-0.3, -0.25) is 9.69 Å². The molecule has 7 nitrogen and oxygen atoms in total. The lowest BCUT2D eigenvalue weighted by Gasteiger charge is -2.16. The number of nitrogens with zero attached hydrogens (tertiary/aromatic N) is 3. The first-order valence-corrected chi connectivity index (χ1v) is 9.04.